The summed E-state index contributed by atoms with van der Waals surface area (Å²) in [5, 5.41) is 33.3. The molecule has 0 aliphatic carbocycles. The molecule has 35 heavy (non-hydrogen) atoms. The van der Waals surface area contributed by atoms with E-state index >= 15 is 0 Å². The normalized spacial score (nSPS) is 25.8. The number of para-hydroxylation sites is 1. The van der Waals surface area contributed by atoms with Gasteiger partial charge in [-0.15, -0.1) is 0 Å². The van der Waals surface area contributed by atoms with Gasteiger partial charge in [0.15, 0.2) is 0 Å². The van der Waals surface area contributed by atoms with Gasteiger partial charge in [0, 0.05) is 19.2 Å². The first-order valence-electron chi connectivity index (χ1n) is 12.2. The number of carbonyl (C=O) groups excluding carboxylic acids is 1. The number of carbonyl (C=O) groups is 1. The molecule has 3 rings (SSSR count). The summed E-state index contributed by atoms with van der Waals surface area (Å²) in [5.74, 6) is -0.602. The highest BCUT2D eigenvalue weighted by Crippen LogP contribution is 2.43. The van der Waals surface area contributed by atoms with Crippen molar-refractivity contribution >= 4 is 11.6 Å². The van der Waals surface area contributed by atoms with E-state index in [9.17, 15) is 20.1 Å². The number of fused-ring (bicyclic) bond motifs is 1. The van der Waals surface area contributed by atoms with Crippen molar-refractivity contribution in [2.45, 2.75) is 65.1 Å². The fraction of sp³-hybridized carbons (Fsp3) is 0.464. The Morgan fingerprint density at radius 3 is 2.74 bits per heavy atom. The fourth-order valence-electron chi connectivity index (χ4n) is 4.23. The number of phenolic OH excluding ortho intramolecular Hbond substituents is 1. The van der Waals surface area contributed by atoms with Crippen molar-refractivity contribution < 1.29 is 24.9 Å². The first-order chi connectivity index (χ1) is 16.6. The lowest BCUT2D eigenvalue weighted by Gasteiger charge is -2.22. The maximum Gasteiger partial charge on any atom is 0.256 e. The molecule has 0 saturated carbocycles. The molecule has 1 aromatic rings. The predicted octanol–water partition coefficient (Wildman–Crippen LogP) is 5.77. The van der Waals surface area contributed by atoms with E-state index in [0.717, 1.165) is 31.3 Å². The second-order valence-electron chi connectivity index (χ2n) is 9.86. The van der Waals surface area contributed by atoms with Gasteiger partial charge in [-0.2, -0.15) is 0 Å². The van der Waals surface area contributed by atoms with Crippen LogP contribution in [0, 0.1) is 0 Å². The Kier molecular flexibility index (Phi) is 8.67. The van der Waals surface area contributed by atoms with Gasteiger partial charge in [-0.3, -0.25) is 4.79 Å². The molecule has 0 radical (unpaired) electrons. The summed E-state index contributed by atoms with van der Waals surface area (Å²) >= 11 is 0. The maximum atomic E-state index is 13.4. The van der Waals surface area contributed by atoms with Crippen LogP contribution in [0.2, 0.25) is 0 Å². The Balaban J connectivity index is 1.67. The highest BCUT2D eigenvalue weighted by atomic mass is 16.6. The number of rotatable bonds is 8. The molecule has 4 N–H and O–H groups in total. The molecule has 190 valence electrons. The van der Waals surface area contributed by atoms with E-state index in [1.807, 2.05) is 6.08 Å². The van der Waals surface area contributed by atoms with Gasteiger partial charge in [-0.05, 0) is 71.6 Å². The van der Waals surface area contributed by atoms with E-state index in [1.165, 1.54) is 23.8 Å². The van der Waals surface area contributed by atoms with Crippen LogP contribution in [-0.4, -0.2) is 57.5 Å². The first-order valence-corrected chi connectivity index (χ1v) is 12.2. The lowest BCUT2D eigenvalue weighted by Crippen LogP contribution is -2.32. The number of ether oxygens (including phenoxy) is 1. The number of aliphatic hydroxyl groups is 2. The maximum absolute atomic E-state index is 13.4. The van der Waals surface area contributed by atoms with Gasteiger partial charge in [0.2, 0.25) is 0 Å². The van der Waals surface area contributed by atoms with Gasteiger partial charge in [0.25, 0.3) is 5.91 Å². The monoisotopic (exact) mass is 482 g/mol. The molecular weight excluding hydrogens is 444 g/mol. The SMILES string of the molecule is CC(C)=CCCC1(C)OC1CC/C(C)=C/CN1C/C=C(O)\C=C(\O)CNc2c(O)cccc2C1=O. The molecule has 7 heteroatoms. The second kappa shape index (κ2) is 11.5. The van der Waals surface area contributed by atoms with Crippen LogP contribution < -0.4 is 5.32 Å². The highest BCUT2D eigenvalue weighted by Gasteiger charge is 2.50. The van der Waals surface area contributed by atoms with Crippen molar-refractivity contribution in [2.24, 2.45) is 0 Å². The number of epoxide rings is 1. The summed E-state index contributed by atoms with van der Waals surface area (Å²) < 4.78 is 5.97. The van der Waals surface area contributed by atoms with E-state index < -0.39 is 0 Å². The van der Waals surface area contributed by atoms with Crippen molar-refractivity contribution in [3.63, 3.8) is 0 Å². The van der Waals surface area contributed by atoms with Gasteiger partial charge < -0.3 is 30.3 Å². The molecule has 2 atom stereocenters. The van der Waals surface area contributed by atoms with Crippen molar-refractivity contribution in [2.75, 3.05) is 25.0 Å². The molecule has 2 unspecified atom stereocenters. The van der Waals surface area contributed by atoms with Crippen molar-refractivity contribution in [1.29, 1.82) is 0 Å². The summed E-state index contributed by atoms with van der Waals surface area (Å²) in [5.41, 5.74) is 3.00. The highest BCUT2D eigenvalue weighted by molar-refractivity contribution is 6.01. The number of benzene rings is 1. The van der Waals surface area contributed by atoms with E-state index in [0.29, 0.717) is 12.1 Å². The fourth-order valence-corrected chi connectivity index (χ4v) is 4.23. The number of nitrogens with zero attached hydrogens (tertiary/aromatic N) is 1. The molecule has 1 fully saturated rings. The second-order valence-corrected chi connectivity index (χ2v) is 9.86. The minimum atomic E-state index is -0.282. The van der Waals surface area contributed by atoms with Crippen molar-refractivity contribution in [3.05, 3.63) is 70.7 Å². The molecule has 1 saturated heterocycles. The van der Waals surface area contributed by atoms with Crippen LogP contribution in [0.1, 0.15) is 63.7 Å². The number of anilines is 1. The summed E-state index contributed by atoms with van der Waals surface area (Å²) in [6.45, 7) is 8.91. The number of phenols is 1. The lowest BCUT2D eigenvalue weighted by molar-refractivity contribution is 0.0790. The van der Waals surface area contributed by atoms with Crippen molar-refractivity contribution in [1.82, 2.24) is 4.90 Å². The van der Waals surface area contributed by atoms with Crippen LogP contribution in [0.4, 0.5) is 5.69 Å². The van der Waals surface area contributed by atoms with Gasteiger partial charge in [-0.1, -0.05) is 29.4 Å². The van der Waals surface area contributed by atoms with Gasteiger partial charge in [0.05, 0.1) is 29.5 Å². The molecule has 0 spiro atoms. The van der Waals surface area contributed by atoms with Crippen LogP contribution in [0.5, 0.6) is 5.75 Å². The van der Waals surface area contributed by atoms with Crippen LogP contribution in [0.15, 0.2) is 65.2 Å². The number of amides is 1. The zero-order valence-corrected chi connectivity index (χ0v) is 21.2. The molecule has 2 heterocycles. The summed E-state index contributed by atoms with van der Waals surface area (Å²) in [6.07, 6.45) is 11.1. The summed E-state index contributed by atoms with van der Waals surface area (Å²) in [6, 6.07) is 4.73. The zero-order valence-electron chi connectivity index (χ0n) is 21.2. The van der Waals surface area contributed by atoms with E-state index in [-0.39, 0.29) is 53.7 Å². The number of aromatic hydroxyl groups is 1. The molecule has 1 aromatic carbocycles. The summed E-state index contributed by atoms with van der Waals surface area (Å²) in [7, 11) is 0. The van der Waals surface area contributed by atoms with E-state index in [2.05, 4.69) is 39.1 Å². The van der Waals surface area contributed by atoms with E-state index in [1.54, 1.807) is 17.0 Å². The summed E-state index contributed by atoms with van der Waals surface area (Å²) in [4.78, 5) is 15.0. The lowest BCUT2D eigenvalue weighted by atomic mass is 9.96. The van der Waals surface area contributed by atoms with Gasteiger partial charge >= 0.3 is 0 Å². The molecular formula is C28H38N2O5. The van der Waals surface area contributed by atoms with Crippen molar-refractivity contribution in [3.8, 4) is 5.75 Å². The quantitative estimate of drug-likeness (QED) is 0.213. The van der Waals surface area contributed by atoms with Gasteiger partial charge in [0.1, 0.15) is 17.3 Å². The average molecular weight is 483 g/mol. The molecule has 2 aliphatic rings. The number of allylic oxidation sites excluding steroid dienone is 4. The average Bonchev–Trinajstić information content (AvgIpc) is 3.45. The first kappa shape index (κ1) is 26.4. The molecule has 1 amide bonds. The smallest absolute Gasteiger partial charge is 0.256 e. The Labute approximate surface area is 208 Å². The third-order valence-corrected chi connectivity index (χ3v) is 6.53. The number of hydrogen-bond acceptors (Lipinski definition) is 6. The standard InChI is InChI=1S/C28H38N2O5/c1-19(2)7-6-14-28(4)25(35-28)11-10-20(3)12-15-30-16-13-21(31)17-22(32)18-29-26-23(27(30)34)8-5-9-24(26)33/h5,7-9,12-13,17,25,29,31-33H,6,10-11,14-16,18H2,1-4H3/b20-12+,21-13+,22-17+. The van der Waals surface area contributed by atoms with Crippen LogP contribution >= 0.6 is 0 Å². The third-order valence-electron chi connectivity index (χ3n) is 6.53. The zero-order chi connectivity index (χ0) is 25.6. The number of hydrogen-bond donors (Lipinski definition) is 4. The Morgan fingerprint density at radius 2 is 2.00 bits per heavy atom. The van der Waals surface area contributed by atoms with E-state index in [4.69, 9.17) is 4.74 Å². The number of aliphatic hydroxyl groups excluding tert-OH is 2. The minimum absolute atomic E-state index is 0.0364. The minimum Gasteiger partial charge on any atom is -0.510 e. The third kappa shape index (κ3) is 7.39. The Bertz CT molecular complexity index is 1050. The van der Waals surface area contributed by atoms with Crippen LogP contribution in [0.25, 0.3) is 0 Å². The molecule has 0 aromatic heterocycles. The predicted molar refractivity (Wildman–Crippen MR) is 139 cm³/mol. The Hall–Kier alpha value is -3.19. The van der Waals surface area contributed by atoms with Crippen LogP contribution in [-0.2, 0) is 4.74 Å². The molecule has 2 aliphatic heterocycles. The van der Waals surface area contributed by atoms with Crippen LogP contribution in [0.3, 0.4) is 0 Å². The van der Waals surface area contributed by atoms with Gasteiger partial charge in [-0.25, -0.2) is 0 Å². The largest absolute Gasteiger partial charge is 0.510 e. The topological polar surface area (TPSA) is 106 Å². The Morgan fingerprint density at radius 1 is 1.23 bits per heavy atom. The molecule has 0 bridgehead atoms. The number of nitrogens with one attached hydrogen (secondary N) is 1. The molecule has 7 nitrogen and oxygen atoms in total.